The predicted molar refractivity (Wildman–Crippen MR) is 103 cm³/mol. The van der Waals surface area contributed by atoms with Gasteiger partial charge in [0.05, 0.1) is 44.3 Å². The number of H-pyrrole nitrogens is 1. The molecule has 0 atom stereocenters. The molecule has 2 N–H and O–H groups in total. The van der Waals surface area contributed by atoms with Crippen molar-refractivity contribution >= 4 is 22.8 Å². The van der Waals surface area contributed by atoms with Gasteiger partial charge in [0.2, 0.25) is 11.7 Å². The summed E-state index contributed by atoms with van der Waals surface area (Å²) in [7, 11) is 4.72. The first-order chi connectivity index (χ1) is 13.6. The zero-order chi connectivity index (χ0) is 19.7. The van der Waals surface area contributed by atoms with Crippen LogP contribution >= 0.6 is 0 Å². The number of nitrogens with zero attached hydrogens (tertiary/aromatic N) is 5. The number of aryl methyl sites for hydroxylation is 1. The van der Waals surface area contributed by atoms with Crippen molar-refractivity contribution in [2.24, 2.45) is 0 Å². The van der Waals surface area contributed by atoms with Gasteiger partial charge >= 0.3 is 0 Å². The van der Waals surface area contributed by atoms with Crippen molar-refractivity contribution in [2.75, 3.05) is 26.6 Å². The third-order valence-corrected chi connectivity index (χ3v) is 4.28. The van der Waals surface area contributed by atoms with Gasteiger partial charge in [-0.05, 0) is 6.92 Å². The Labute approximate surface area is 160 Å². The van der Waals surface area contributed by atoms with E-state index in [1.165, 1.54) is 0 Å². The smallest absolute Gasteiger partial charge is 0.230 e. The van der Waals surface area contributed by atoms with Crippen molar-refractivity contribution in [2.45, 2.75) is 6.92 Å². The number of benzene rings is 1. The number of rotatable bonds is 6. The standard InChI is InChI=1S/C18H19N7O3/c1-10-12-7-19-18(22-17(12)24-23-10)21-15-8-25(9-20-15)11-5-13(26-2)16(28-4)14(6-11)27-3/h5-9H,1-4H3,(H2,19,21,22,23,24). The van der Waals surface area contributed by atoms with Gasteiger partial charge in [-0.15, -0.1) is 0 Å². The lowest BCUT2D eigenvalue weighted by Crippen LogP contribution is -1.99. The van der Waals surface area contributed by atoms with Gasteiger partial charge in [0.25, 0.3) is 0 Å². The summed E-state index contributed by atoms with van der Waals surface area (Å²) in [5, 5.41) is 11.0. The molecule has 0 spiro atoms. The molecule has 144 valence electrons. The van der Waals surface area contributed by atoms with Gasteiger partial charge in [-0.3, -0.25) is 5.10 Å². The highest BCUT2D eigenvalue weighted by Crippen LogP contribution is 2.39. The number of hydrogen-bond donors (Lipinski definition) is 2. The molecular weight excluding hydrogens is 362 g/mol. The van der Waals surface area contributed by atoms with Crippen LogP contribution in [0.1, 0.15) is 5.69 Å². The van der Waals surface area contributed by atoms with Crippen LogP contribution in [0.25, 0.3) is 16.7 Å². The van der Waals surface area contributed by atoms with E-state index < -0.39 is 0 Å². The highest BCUT2D eigenvalue weighted by atomic mass is 16.5. The second kappa shape index (κ2) is 7.06. The average Bonchev–Trinajstić information content (AvgIpc) is 3.33. The van der Waals surface area contributed by atoms with Crippen molar-refractivity contribution in [1.82, 2.24) is 29.7 Å². The topological polar surface area (TPSA) is 112 Å². The van der Waals surface area contributed by atoms with Crippen molar-refractivity contribution in [3.8, 4) is 22.9 Å². The van der Waals surface area contributed by atoms with E-state index >= 15 is 0 Å². The number of aromatic nitrogens is 6. The van der Waals surface area contributed by atoms with Gasteiger partial charge in [0.15, 0.2) is 23.0 Å². The van der Waals surface area contributed by atoms with E-state index in [1.807, 2.05) is 29.8 Å². The average molecular weight is 381 g/mol. The van der Waals surface area contributed by atoms with Crippen molar-refractivity contribution in [3.63, 3.8) is 0 Å². The Kier molecular flexibility index (Phi) is 4.44. The Morgan fingerprint density at radius 3 is 2.46 bits per heavy atom. The van der Waals surface area contributed by atoms with Crippen molar-refractivity contribution in [1.29, 1.82) is 0 Å². The van der Waals surface area contributed by atoms with E-state index in [0.717, 1.165) is 16.8 Å². The molecule has 10 nitrogen and oxygen atoms in total. The number of fused-ring (bicyclic) bond motifs is 1. The number of ether oxygens (including phenoxy) is 3. The number of imidazole rings is 1. The fraction of sp³-hybridized carbons (Fsp3) is 0.222. The highest BCUT2D eigenvalue weighted by Gasteiger charge is 2.15. The lowest BCUT2D eigenvalue weighted by atomic mass is 10.2. The van der Waals surface area contributed by atoms with Crippen LogP contribution < -0.4 is 19.5 Å². The van der Waals surface area contributed by atoms with Crippen LogP contribution in [-0.4, -0.2) is 51.0 Å². The van der Waals surface area contributed by atoms with Crippen molar-refractivity contribution in [3.05, 3.63) is 36.5 Å². The minimum Gasteiger partial charge on any atom is -0.493 e. The highest BCUT2D eigenvalue weighted by molar-refractivity contribution is 5.77. The summed E-state index contributed by atoms with van der Waals surface area (Å²) in [5.41, 5.74) is 2.32. The van der Waals surface area contributed by atoms with Gasteiger partial charge in [-0.25, -0.2) is 9.97 Å². The van der Waals surface area contributed by atoms with Crippen LogP contribution in [0.3, 0.4) is 0 Å². The molecule has 0 bridgehead atoms. The summed E-state index contributed by atoms with van der Waals surface area (Å²) in [6, 6.07) is 3.67. The summed E-state index contributed by atoms with van der Waals surface area (Å²) in [6.07, 6.45) is 5.20. The SMILES string of the molecule is COc1cc(-n2cnc(Nc3ncc4c(C)n[nH]c4n3)c2)cc(OC)c1OC. The molecule has 3 heterocycles. The first kappa shape index (κ1) is 17.6. The summed E-state index contributed by atoms with van der Waals surface area (Å²) in [4.78, 5) is 13.1. The molecule has 3 aromatic heterocycles. The Morgan fingerprint density at radius 2 is 1.79 bits per heavy atom. The molecule has 28 heavy (non-hydrogen) atoms. The number of aromatic amines is 1. The second-order valence-electron chi connectivity index (χ2n) is 5.94. The van der Waals surface area contributed by atoms with E-state index in [2.05, 4.69) is 30.5 Å². The maximum absolute atomic E-state index is 5.40. The molecular formula is C18H19N7O3. The largest absolute Gasteiger partial charge is 0.493 e. The number of hydrogen-bond acceptors (Lipinski definition) is 8. The first-order valence-electron chi connectivity index (χ1n) is 8.42. The molecule has 0 aliphatic carbocycles. The molecule has 0 aliphatic heterocycles. The third kappa shape index (κ3) is 3.04. The van der Waals surface area contributed by atoms with E-state index in [-0.39, 0.29) is 0 Å². The quantitative estimate of drug-likeness (QED) is 0.524. The van der Waals surface area contributed by atoms with Gasteiger partial charge in [-0.2, -0.15) is 10.1 Å². The monoisotopic (exact) mass is 381 g/mol. The summed E-state index contributed by atoms with van der Waals surface area (Å²) in [6.45, 7) is 1.90. The van der Waals surface area contributed by atoms with Crippen molar-refractivity contribution < 1.29 is 14.2 Å². The summed E-state index contributed by atoms with van der Waals surface area (Å²) < 4.78 is 18.0. The minimum absolute atomic E-state index is 0.422. The number of methoxy groups -OCH3 is 3. The first-order valence-corrected chi connectivity index (χ1v) is 8.42. The van der Waals surface area contributed by atoms with E-state index in [4.69, 9.17) is 14.2 Å². The van der Waals surface area contributed by atoms with E-state index in [9.17, 15) is 0 Å². The number of nitrogens with one attached hydrogen (secondary N) is 2. The van der Waals surface area contributed by atoms with E-state index in [1.54, 1.807) is 33.9 Å². The van der Waals surface area contributed by atoms with Crippen LogP contribution in [0.15, 0.2) is 30.9 Å². The molecule has 0 unspecified atom stereocenters. The maximum Gasteiger partial charge on any atom is 0.230 e. The Morgan fingerprint density at radius 1 is 1.04 bits per heavy atom. The Hall–Kier alpha value is -3.82. The maximum atomic E-state index is 5.40. The molecule has 0 saturated carbocycles. The van der Waals surface area contributed by atoms with E-state index in [0.29, 0.717) is 34.7 Å². The molecule has 0 amide bonds. The van der Waals surface area contributed by atoms with Gasteiger partial charge < -0.3 is 24.1 Å². The molecule has 0 saturated heterocycles. The van der Waals surface area contributed by atoms with Gasteiger partial charge in [0.1, 0.15) is 6.33 Å². The van der Waals surface area contributed by atoms with Crippen LogP contribution in [0.4, 0.5) is 11.8 Å². The van der Waals surface area contributed by atoms with Crippen LogP contribution in [-0.2, 0) is 0 Å². The lowest BCUT2D eigenvalue weighted by Gasteiger charge is -2.14. The van der Waals surface area contributed by atoms with Crippen LogP contribution in [0.5, 0.6) is 17.2 Å². The Bertz CT molecular complexity index is 1110. The van der Waals surface area contributed by atoms with Gasteiger partial charge in [0, 0.05) is 18.3 Å². The fourth-order valence-corrected chi connectivity index (χ4v) is 2.85. The molecule has 1 aromatic carbocycles. The molecule has 4 aromatic rings. The second-order valence-corrected chi connectivity index (χ2v) is 5.94. The normalized spacial score (nSPS) is 10.9. The number of anilines is 2. The molecule has 0 aliphatic rings. The lowest BCUT2D eigenvalue weighted by molar-refractivity contribution is 0.324. The fourth-order valence-electron chi connectivity index (χ4n) is 2.85. The summed E-state index contributed by atoms with van der Waals surface area (Å²) >= 11 is 0. The van der Waals surface area contributed by atoms with Crippen LogP contribution in [0, 0.1) is 6.92 Å². The van der Waals surface area contributed by atoms with Gasteiger partial charge in [-0.1, -0.05) is 0 Å². The zero-order valence-corrected chi connectivity index (χ0v) is 15.8. The Balaban J connectivity index is 1.63. The summed E-state index contributed by atoms with van der Waals surface area (Å²) in [5.74, 6) is 2.66. The molecule has 0 fully saturated rings. The third-order valence-electron chi connectivity index (χ3n) is 4.28. The molecule has 4 rings (SSSR count). The molecule has 0 radical (unpaired) electrons. The van der Waals surface area contributed by atoms with Crippen LogP contribution in [0.2, 0.25) is 0 Å². The minimum atomic E-state index is 0.422. The molecule has 10 heteroatoms. The predicted octanol–water partition coefficient (Wildman–Crippen LogP) is 2.62. The zero-order valence-electron chi connectivity index (χ0n) is 15.8.